The van der Waals surface area contributed by atoms with E-state index in [1.807, 2.05) is 18.2 Å². The van der Waals surface area contributed by atoms with Gasteiger partial charge in [0.25, 0.3) is 0 Å². The van der Waals surface area contributed by atoms with Crippen LogP contribution in [0.1, 0.15) is 44.1 Å². The quantitative estimate of drug-likeness (QED) is 0.882. The second-order valence-corrected chi connectivity index (χ2v) is 7.21. The molecule has 0 bridgehead atoms. The van der Waals surface area contributed by atoms with E-state index < -0.39 is 0 Å². The van der Waals surface area contributed by atoms with Gasteiger partial charge in [0, 0.05) is 34.1 Å². The minimum Gasteiger partial charge on any atom is -0.393 e. The number of aliphatic hydroxyl groups excluding tert-OH is 1. The Labute approximate surface area is 137 Å². The van der Waals surface area contributed by atoms with Gasteiger partial charge in [0.05, 0.1) is 6.10 Å². The zero-order valence-electron chi connectivity index (χ0n) is 12.3. The summed E-state index contributed by atoms with van der Waals surface area (Å²) >= 11 is 12.6. The largest absolute Gasteiger partial charge is 0.393 e. The topological polar surface area (TPSA) is 23.5 Å². The smallest absolute Gasteiger partial charge is 0.0583 e. The molecule has 0 spiro atoms. The summed E-state index contributed by atoms with van der Waals surface area (Å²) < 4.78 is 0. The van der Waals surface area contributed by atoms with Gasteiger partial charge < -0.3 is 5.11 Å². The lowest BCUT2D eigenvalue weighted by Gasteiger charge is -2.40. The zero-order valence-corrected chi connectivity index (χ0v) is 13.8. The molecule has 116 valence electrons. The van der Waals surface area contributed by atoms with Gasteiger partial charge in [-0.3, -0.25) is 4.90 Å². The van der Waals surface area contributed by atoms with Gasteiger partial charge in [-0.1, -0.05) is 42.1 Å². The van der Waals surface area contributed by atoms with Gasteiger partial charge in [0.1, 0.15) is 0 Å². The summed E-state index contributed by atoms with van der Waals surface area (Å²) in [6.07, 6.45) is 6.81. The first-order chi connectivity index (χ1) is 10.2. The number of benzene rings is 1. The van der Waals surface area contributed by atoms with Crippen LogP contribution in [0, 0.1) is 5.92 Å². The first-order valence-corrected chi connectivity index (χ1v) is 8.77. The van der Waals surface area contributed by atoms with Crippen molar-refractivity contribution in [3.05, 3.63) is 33.8 Å². The molecule has 0 aromatic heterocycles. The maximum Gasteiger partial charge on any atom is 0.0583 e. The lowest BCUT2D eigenvalue weighted by atomic mass is 9.87. The van der Waals surface area contributed by atoms with Gasteiger partial charge in [-0.2, -0.15) is 0 Å². The van der Waals surface area contributed by atoms with Crippen LogP contribution in [-0.2, 0) is 6.54 Å². The van der Waals surface area contributed by atoms with Gasteiger partial charge in [0.15, 0.2) is 0 Å². The molecule has 0 radical (unpaired) electrons. The highest BCUT2D eigenvalue weighted by atomic mass is 35.5. The van der Waals surface area contributed by atoms with Crippen molar-refractivity contribution in [3.8, 4) is 0 Å². The van der Waals surface area contributed by atoms with E-state index in [0.29, 0.717) is 12.0 Å². The molecule has 21 heavy (non-hydrogen) atoms. The highest BCUT2D eigenvalue weighted by Gasteiger charge is 2.37. The fraction of sp³-hybridized carbons (Fsp3) is 0.647. The number of aliphatic hydroxyl groups is 1. The zero-order chi connectivity index (χ0) is 14.8. The average molecular weight is 328 g/mol. The summed E-state index contributed by atoms with van der Waals surface area (Å²) in [6.45, 7) is 1.88. The van der Waals surface area contributed by atoms with Gasteiger partial charge in [-0.25, -0.2) is 0 Å². The molecule has 3 atom stereocenters. The van der Waals surface area contributed by atoms with Crippen molar-refractivity contribution < 1.29 is 5.11 Å². The van der Waals surface area contributed by atoms with E-state index in [-0.39, 0.29) is 6.10 Å². The molecule has 0 amide bonds. The lowest BCUT2D eigenvalue weighted by molar-refractivity contribution is 0.0313. The predicted octanol–water partition coefficient (Wildman–Crippen LogP) is 4.51. The van der Waals surface area contributed by atoms with E-state index >= 15 is 0 Å². The van der Waals surface area contributed by atoms with Gasteiger partial charge in [-0.05, 0) is 44.4 Å². The van der Waals surface area contributed by atoms with E-state index in [9.17, 15) is 5.11 Å². The number of hydrogen-bond donors (Lipinski definition) is 1. The Morgan fingerprint density at radius 1 is 1.05 bits per heavy atom. The Hall–Kier alpha value is -0.280. The lowest BCUT2D eigenvalue weighted by Crippen LogP contribution is -2.45. The van der Waals surface area contributed by atoms with Crippen molar-refractivity contribution in [1.82, 2.24) is 4.90 Å². The van der Waals surface area contributed by atoms with Crippen LogP contribution >= 0.6 is 23.2 Å². The molecule has 2 nitrogen and oxygen atoms in total. The highest BCUT2D eigenvalue weighted by Crippen LogP contribution is 2.37. The summed E-state index contributed by atoms with van der Waals surface area (Å²) in [7, 11) is 0. The van der Waals surface area contributed by atoms with Crippen molar-refractivity contribution in [3.63, 3.8) is 0 Å². The van der Waals surface area contributed by atoms with Crippen molar-refractivity contribution in [1.29, 1.82) is 0 Å². The van der Waals surface area contributed by atoms with Gasteiger partial charge in [0.2, 0.25) is 0 Å². The minimum absolute atomic E-state index is 0.127. The Bertz CT molecular complexity index is 473. The number of nitrogens with zero attached hydrogens (tertiary/aromatic N) is 1. The van der Waals surface area contributed by atoms with Gasteiger partial charge >= 0.3 is 0 Å². The summed E-state index contributed by atoms with van der Waals surface area (Å²) in [4.78, 5) is 2.50. The molecule has 3 rings (SSSR count). The molecular weight excluding hydrogens is 305 g/mol. The SMILES string of the molecule is OC1CCCC1C1CCCCN1Cc1c(Cl)cccc1Cl. The van der Waals surface area contributed by atoms with Crippen LogP contribution in [0.4, 0.5) is 0 Å². The number of halogens is 2. The summed E-state index contributed by atoms with van der Waals surface area (Å²) in [5.74, 6) is 0.423. The minimum atomic E-state index is -0.127. The normalized spacial score (nSPS) is 30.7. The summed E-state index contributed by atoms with van der Waals surface area (Å²) in [5, 5.41) is 11.8. The third-order valence-corrected chi connectivity index (χ3v) is 5.82. The number of hydrogen-bond acceptors (Lipinski definition) is 2. The molecule has 1 aliphatic heterocycles. The molecule has 1 aromatic rings. The van der Waals surface area contributed by atoms with E-state index in [1.54, 1.807) is 0 Å². The molecule has 1 heterocycles. The van der Waals surface area contributed by atoms with Crippen LogP contribution < -0.4 is 0 Å². The van der Waals surface area contributed by atoms with Crippen LogP contribution in [0.3, 0.4) is 0 Å². The second kappa shape index (κ2) is 6.87. The van der Waals surface area contributed by atoms with E-state index in [0.717, 1.165) is 48.0 Å². The number of likely N-dealkylation sites (tertiary alicyclic amines) is 1. The predicted molar refractivity (Wildman–Crippen MR) is 87.9 cm³/mol. The second-order valence-electron chi connectivity index (χ2n) is 6.40. The molecule has 3 unspecified atom stereocenters. The third kappa shape index (κ3) is 3.39. The molecule has 1 aliphatic carbocycles. The van der Waals surface area contributed by atoms with Crippen LogP contribution in [0.5, 0.6) is 0 Å². The van der Waals surface area contributed by atoms with E-state index in [2.05, 4.69) is 4.90 Å². The fourth-order valence-electron chi connectivity index (χ4n) is 4.00. The first kappa shape index (κ1) is 15.6. The number of piperidine rings is 1. The summed E-state index contributed by atoms with van der Waals surface area (Å²) in [5.41, 5.74) is 1.03. The maximum atomic E-state index is 10.3. The third-order valence-electron chi connectivity index (χ3n) is 5.11. The standard InChI is InChI=1S/C17H23Cl2NO/c18-14-6-4-7-15(19)13(14)11-20-10-2-1-8-16(20)12-5-3-9-17(12)21/h4,6-7,12,16-17,21H,1-3,5,8-11H2. The molecule has 1 aromatic carbocycles. The van der Waals surface area contributed by atoms with Crippen molar-refractivity contribution in [2.75, 3.05) is 6.54 Å². The monoisotopic (exact) mass is 327 g/mol. The van der Waals surface area contributed by atoms with Crippen LogP contribution in [-0.4, -0.2) is 28.7 Å². The Balaban J connectivity index is 1.78. The van der Waals surface area contributed by atoms with Crippen molar-refractivity contribution in [2.45, 2.75) is 57.2 Å². The molecular formula is C17H23Cl2NO. The van der Waals surface area contributed by atoms with E-state index in [4.69, 9.17) is 23.2 Å². The van der Waals surface area contributed by atoms with Crippen LogP contribution in [0.15, 0.2) is 18.2 Å². The van der Waals surface area contributed by atoms with Crippen LogP contribution in [0.2, 0.25) is 10.0 Å². The summed E-state index contributed by atoms with van der Waals surface area (Å²) in [6, 6.07) is 6.18. The molecule has 4 heteroatoms. The molecule has 1 saturated heterocycles. The Morgan fingerprint density at radius 3 is 2.48 bits per heavy atom. The Morgan fingerprint density at radius 2 is 1.81 bits per heavy atom. The molecule has 1 saturated carbocycles. The average Bonchev–Trinajstić information content (AvgIpc) is 2.90. The van der Waals surface area contributed by atoms with Crippen molar-refractivity contribution >= 4 is 23.2 Å². The molecule has 2 fully saturated rings. The molecule has 2 aliphatic rings. The maximum absolute atomic E-state index is 10.3. The van der Waals surface area contributed by atoms with E-state index in [1.165, 1.54) is 19.3 Å². The first-order valence-electron chi connectivity index (χ1n) is 8.02. The Kier molecular flexibility index (Phi) is 5.11. The van der Waals surface area contributed by atoms with Crippen LogP contribution in [0.25, 0.3) is 0 Å². The van der Waals surface area contributed by atoms with Crippen molar-refractivity contribution in [2.24, 2.45) is 5.92 Å². The molecule has 1 N–H and O–H groups in total. The number of rotatable bonds is 3. The fourth-order valence-corrected chi connectivity index (χ4v) is 4.52. The highest BCUT2D eigenvalue weighted by molar-refractivity contribution is 6.35. The van der Waals surface area contributed by atoms with Gasteiger partial charge in [-0.15, -0.1) is 0 Å².